The first-order valence-electron chi connectivity index (χ1n) is 7.02. The van der Waals surface area contributed by atoms with Gasteiger partial charge in [-0.15, -0.1) is 0 Å². The van der Waals surface area contributed by atoms with Crippen molar-refractivity contribution in [3.05, 3.63) is 35.4 Å². The topological polar surface area (TPSA) is 56.1 Å². The highest BCUT2D eigenvalue weighted by Gasteiger charge is 2.45. The van der Waals surface area contributed by atoms with E-state index >= 15 is 0 Å². The van der Waals surface area contributed by atoms with Crippen molar-refractivity contribution in [1.29, 1.82) is 5.26 Å². The number of halogens is 3. The summed E-state index contributed by atoms with van der Waals surface area (Å²) in [7, 11) is 0. The quantitative estimate of drug-likeness (QED) is 0.909. The Morgan fingerprint density at radius 3 is 2.68 bits per heavy atom. The monoisotopic (exact) mass is 311 g/mol. The van der Waals surface area contributed by atoms with Crippen molar-refractivity contribution in [2.24, 2.45) is 0 Å². The van der Waals surface area contributed by atoms with Gasteiger partial charge in [-0.3, -0.25) is 10.2 Å². The van der Waals surface area contributed by atoms with Crippen LogP contribution >= 0.6 is 0 Å². The van der Waals surface area contributed by atoms with Crippen LogP contribution in [0.25, 0.3) is 0 Å². The van der Waals surface area contributed by atoms with Crippen LogP contribution in [0.1, 0.15) is 30.4 Å². The fourth-order valence-corrected chi connectivity index (χ4v) is 2.56. The largest absolute Gasteiger partial charge is 0.405 e. The number of amides is 1. The molecule has 1 aliphatic heterocycles. The zero-order valence-electron chi connectivity index (χ0n) is 11.9. The minimum absolute atomic E-state index is 0.0673. The van der Waals surface area contributed by atoms with E-state index in [0.717, 1.165) is 10.6 Å². The number of carbonyl (C=O) groups excluding carboxylic acids is 1. The fraction of sp³-hybridized carbons (Fsp3) is 0.467. The molecule has 1 amide bonds. The van der Waals surface area contributed by atoms with Crippen LogP contribution in [-0.4, -0.2) is 29.7 Å². The molecule has 1 fully saturated rings. The molecular formula is C15H16F3N3O. The van der Waals surface area contributed by atoms with E-state index in [9.17, 15) is 18.0 Å². The van der Waals surface area contributed by atoms with Crippen molar-refractivity contribution in [1.82, 2.24) is 10.4 Å². The van der Waals surface area contributed by atoms with Crippen molar-refractivity contribution >= 4 is 5.91 Å². The van der Waals surface area contributed by atoms with E-state index in [2.05, 4.69) is 5.43 Å². The third-order valence-corrected chi connectivity index (χ3v) is 3.66. The molecule has 1 N–H and O–H groups in total. The number of aryl methyl sites for hydroxylation is 1. The molecule has 1 aromatic carbocycles. The van der Waals surface area contributed by atoms with Crippen LogP contribution in [0.4, 0.5) is 13.2 Å². The van der Waals surface area contributed by atoms with Crippen LogP contribution in [0.15, 0.2) is 24.3 Å². The van der Waals surface area contributed by atoms with Gasteiger partial charge in [0.05, 0.1) is 11.6 Å². The van der Waals surface area contributed by atoms with E-state index in [-0.39, 0.29) is 31.7 Å². The molecule has 1 atom stereocenters. The summed E-state index contributed by atoms with van der Waals surface area (Å²) in [4.78, 5) is 11.1. The lowest BCUT2D eigenvalue weighted by molar-refractivity contribution is -0.190. The first-order valence-corrected chi connectivity index (χ1v) is 7.02. The normalized spacial score (nSPS) is 17.1. The Hall–Kier alpha value is -2.07. The van der Waals surface area contributed by atoms with Crippen molar-refractivity contribution < 1.29 is 18.0 Å². The molecule has 118 valence electrons. The third kappa shape index (κ3) is 3.98. The van der Waals surface area contributed by atoms with Crippen LogP contribution in [-0.2, 0) is 11.2 Å². The van der Waals surface area contributed by atoms with Crippen LogP contribution in [0.2, 0.25) is 0 Å². The number of nitrogens with one attached hydrogen (secondary N) is 1. The summed E-state index contributed by atoms with van der Waals surface area (Å²) in [6.07, 6.45) is -3.74. The van der Waals surface area contributed by atoms with Gasteiger partial charge in [0.1, 0.15) is 6.04 Å². The van der Waals surface area contributed by atoms with E-state index in [1.807, 2.05) is 6.07 Å². The SMILES string of the molecule is N#Cc1ccccc1CCCC(N1CCC(=O)N1)C(F)(F)F. The lowest BCUT2D eigenvalue weighted by Crippen LogP contribution is -2.49. The maximum atomic E-state index is 13.1. The summed E-state index contributed by atoms with van der Waals surface area (Å²) >= 11 is 0. The lowest BCUT2D eigenvalue weighted by atomic mass is 10.0. The van der Waals surface area contributed by atoms with Crippen LogP contribution in [0.5, 0.6) is 0 Å². The van der Waals surface area contributed by atoms with Gasteiger partial charge in [-0.05, 0) is 30.9 Å². The molecule has 0 radical (unpaired) electrons. The standard InChI is InChI=1S/C15H16F3N3O/c16-15(17,18)13(21-9-8-14(22)20-21)7-3-6-11-4-1-2-5-12(11)10-19/h1-2,4-5,13H,3,6-9H2,(H,20,22). The molecule has 1 saturated heterocycles. The van der Waals surface area contributed by atoms with Gasteiger partial charge in [0.2, 0.25) is 5.91 Å². The highest BCUT2D eigenvalue weighted by molar-refractivity contribution is 5.77. The average Bonchev–Trinajstić information content (AvgIpc) is 2.88. The second-order valence-electron chi connectivity index (χ2n) is 5.20. The molecule has 0 bridgehead atoms. The summed E-state index contributed by atoms with van der Waals surface area (Å²) in [5.41, 5.74) is 3.49. The number of hydrogen-bond donors (Lipinski definition) is 1. The molecule has 2 rings (SSSR count). The number of benzene rings is 1. The number of nitrogens with zero attached hydrogens (tertiary/aromatic N) is 2. The van der Waals surface area contributed by atoms with Crippen LogP contribution in [0.3, 0.4) is 0 Å². The molecule has 4 nitrogen and oxygen atoms in total. The predicted octanol–water partition coefficient (Wildman–Crippen LogP) is 2.55. The zero-order chi connectivity index (χ0) is 16.2. The fourth-order valence-electron chi connectivity index (χ4n) is 2.56. The van der Waals surface area contributed by atoms with E-state index in [0.29, 0.717) is 12.0 Å². The molecule has 1 aliphatic rings. The average molecular weight is 311 g/mol. The Kier molecular flexibility index (Phi) is 5.03. The maximum absolute atomic E-state index is 13.1. The van der Waals surface area contributed by atoms with Crippen molar-refractivity contribution in [3.63, 3.8) is 0 Å². The van der Waals surface area contributed by atoms with Gasteiger partial charge in [0, 0.05) is 13.0 Å². The molecule has 1 unspecified atom stereocenters. The van der Waals surface area contributed by atoms with Gasteiger partial charge < -0.3 is 0 Å². The highest BCUT2D eigenvalue weighted by Crippen LogP contribution is 2.29. The van der Waals surface area contributed by atoms with Gasteiger partial charge in [0.25, 0.3) is 0 Å². The highest BCUT2D eigenvalue weighted by atomic mass is 19.4. The lowest BCUT2D eigenvalue weighted by Gasteiger charge is -2.28. The summed E-state index contributed by atoms with van der Waals surface area (Å²) < 4.78 is 39.4. The second kappa shape index (κ2) is 6.79. The van der Waals surface area contributed by atoms with E-state index in [1.165, 1.54) is 0 Å². The minimum Gasteiger partial charge on any atom is -0.288 e. The van der Waals surface area contributed by atoms with E-state index in [4.69, 9.17) is 5.26 Å². The number of carbonyl (C=O) groups is 1. The van der Waals surface area contributed by atoms with Gasteiger partial charge in [-0.1, -0.05) is 18.2 Å². The van der Waals surface area contributed by atoms with Crippen molar-refractivity contribution in [3.8, 4) is 6.07 Å². The van der Waals surface area contributed by atoms with E-state index in [1.54, 1.807) is 24.3 Å². The maximum Gasteiger partial charge on any atom is 0.405 e. The molecule has 0 aromatic heterocycles. The van der Waals surface area contributed by atoms with Crippen molar-refractivity contribution in [2.75, 3.05) is 6.54 Å². The minimum atomic E-state index is -4.40. The van der Waals surface area contributed by atoms with Gasteiger partial charge in [0.15, 0.2) is 0 Å². The molecule has 1 aromatic rings. The summed E-state index contributed by atoms with van der Waals surface area (Å²) in [5.74, 6) is -0.385. The molecule has 1 heterocycles. The van der Waals surface area contributed by atoms with Gasteiger partial charge >= 0.3 is 6.18 Å². The summed E-state index contributed by atoms with van der Waals surface area (Å²) in [6.45, 7) is 0.0673. The number of alkyl halides is 3. The molecular weight excluding hydrogens is 295 g/mol. The predicted molar refractivity (Wildman–Crippen MR) is 73.4 cm³/mol. The Balaban J connectivity index is 1.97. The second-order valence-corrected chi connectivity index (χ2v) is 5.20. The molecule has 0 saturated carbocycles. The zero-order valence-corrected chi connectivity index (χ0v) is 11.9. The summed E-state index contributed by atoms with van der Waals surface area (Å²) in [6, 6.07) is 7.23. The third-order valence-electron chi connectivity index (χ3n) is 3.66. The Labute approximate surface area is 126 Å². The Morgan fingerprint density at radius 2 is 2.09 bits per heavy atom. The van der Waals surface area contributed by atoms with Crippen LogP contribution < -0.4 is 5.43 Å². The molecule has 0 aliphatic carbocycles. The number of hydrazine groups is 1. The van der Waals surface area contributed by atoms with Gasteiger partial charge in [-0.25, -0.2) is 5.01 Å². The van der Waals surface area contributed by atoms with E-state index < -0.39 is 12.2 Å². The molecule has 7 heteroatoms. The first-order chi connectivity index (χ1) is 10.4. The molecule has 0 spiro atoms. The first kappa shape index (κ1) is 16.3. The number of rotatable bonds is 5. The van der Waals surface area contributed by atoms with Gasteiger partial charge in [-0.2, -0.15) is 18.4 Å². The number of nitriles is 1. The Morgan fingerprint density at radius 1 is 1.36 bits per heavy atom. The number of hydrogen-bond acceptors (Lipinski definition) is 3. The van der Waals surface area contributed by atoms with Crippen molar-refractivity contribution in [2.45, 2.75) is 37.9 Å². The molecule has 22 heavy (non-hydrogen) atoms. The van der Waals surface area contributed by atoms with Crippen LogP contribution in [0, 0.1) is 11.3 Å². The Bertz CT molecular complexity index is 580. The summed E-state index contributed by atoms with van der Waals surface area (Å²) in [5, 5.41) is 9.94. The smallest absolute Gasteiger partial charge is 0.288 e.